The summed E-state index contributed by atoms with van der Waals surface area (Å²) in [6, 6.07) is 116. The van der Waals surface area contributed by atoms with Gasteiger partial charge in [0.2, 0.25) is 0 Å². The lowest BCUT2D eigenvalue weighted by Gasteiger charge is -2.35. The van der Waals surface area contributed by atoms with Gasteiger partial charge in [0.1, 0.15) is 0 Å². The Morgan fingerprint density at radius 1 is 0.260 bits per heavy atom. The third kappa shape index (κ3) is 8.04. The summed E-state index contributed by atoms with van der Waals surface area (Å²) in [6.07, 6.45) is 0. The maximum atomic E-state index is 2.40. The molecule has 0 bridgehead atoms. The van der Waals surface area contributed by atoms with E-state index >= 15 is 0 Å². The van der Waals surface area contributed by atoms with E-state index in [9.17, 15) is 0 Å². The zero-order valence-electron chi connectivity index (χ0n) is 42.4. The first-order valence-electron chi connectivity index (χ1n) is 26.6. The number of fused-ring (bicyclic) bond motifs is 6. The number of hydrogen-bond acceptors (Lipinski definition) is 1. The molecular formula is C74H52N2Si. The molecule has 0 aliphatic heterocycles. The van der Waals surface area contributed by atoms with Gasteiger partial charge in [-0.15, -0.1) is 0 Å². The first kappa shape index (κ1) is 45.8. The Labute approximate surface area is 450 Å². The van der Waals surface area contributed by atoms with E-state index in [1.54, 1.807) is 0 Å². The summed E-state index contributed by atoms with van der Waals surface area (Å²) in [6.45, 7) is 0. The van der Waals surface area contributed by atoms with E-state index in [-0.39, 0.29) is 0 Å². The second kappa shape index (κ2) is 19.5. The lowest BCUT2D eigenvalue weighted by molar-refractivity contribution is 1.18. The normalized spacial score (nSPS) is 11.6. The molecule has 14 aromatic rings. The van der Waals surface area contributed by atoms with Crippen molar-refractivity contribution in [2.45, 2.75) is 0 Å². The van der Waals surface area contributed by atoms with Gasteiger partial charge < -0.3 is 9.47 Å². The largest absolute Gasteiger partial charge is 0.311 e. The average molecular weight is 997 g/mol. The van der Waals surface area contributed by atoms with Crippen LogP contribution in [0.5, 0.6) is 0 Å². The van der Waals surface area contributed by atoms with Crippen LogP contribution in [0.3, 0.4) is 0 Å². The molecule has 0 radical (unpaired) electrons. The third-order valence-corrected chi connectivity index (χ3v) is 20.5. The summed E-state index contributed by atoms with van der Waals surface area (Å²) in [5.41, 5.74) is 14.0. The van der Waals surface area contributed by atoms with Gasteiger partial charge in [0.05, 0.1) is 11.0 Å². The first-order valence-corrected chi connectivity index (χ1v) is 28.6. The van der Waals surface area contributed by atoms with Gasteiger partial charge in [-0.25, -0.2) is 0 Å². The molecule has 0 aliphatic rings. The molecule has 0 spiro atoms. The molecule has 0 unspecified atom stereocenters. The van der Waals surface area contributed by atoms with Crippen LogP contribution in [-0.2, 0) is 0 Å². The highest BCUT2D eigenvalue weighted by Crippen LogP contribution is 2.41. The summed E-state index contributed by atoms with van der Waals surface area (Å²) in [4.78, 5) is 2.40. The molecule has 0 saturated heterocycles. The van der Waals surface area contributed by atoms with Gasteiger partial charge in [-0.2, -0.15) is 0 Å². The molecule has 3 heteroatoms. The van der Waals surface area contributed by atoms with Crippen LogP contribution >= 0.6 is 0 Å². The van der Waals surface area contributed by atoms with Crippen LogP contribution in [0.1, 0.15) is 0 Å². The van der Waals surface area contributed by atoms with Crippen LogP contribution in [-0.4, -0.2) is 12.6 Å². The summed E-state index contributed by atoms with van der Waals surface area (Å²) in [5.74, 6) is 0. The molecule has 14 rings (SSSR count). The maximum absolute atomic E-state index is 2.73. The molecule has 77 heavy (non-hydrogen) atoms. The highest BCUT2D eigenvalue weighted by atomic mass is 28.3. The van der Waals surface area contributed by atoms with Crippen molar-refractivity contribution < 1.29 is 0 Å². The van der Waals surface area contributed by atoms with Crippen molar-refractivity contribution in [3.63, 3.8) is 0 Å². The fourth-order valence-electron chi connectivity index (χ4n) is 12.1. The van der Waals surface area contributed by atoms with E-state index < -0.39 is 8.07 Å². The SMILES string of the molecule is c1ccc(-n2c3ccccc3c3c(-c4ccc(-c5ccc(N(c6ccc(-c7ccc8ccc9ccccc9c8c7)cc6)c6ccc([Si](c7ccccc7)(c7ccccc7)c7ccccc7)cc6)cc5)cc4)cccc32)cc1. The van der Waals surface area contributed by atoms with Crippen LogP contribution < -0.4 is 25.6 Å². The van der Waals surface area contributed by atoms with Crippen molar-refractivity contribution >= 4 is 89.2 Å². The number of rotatable bonds is 11. The Bertz CT molecular complexity index is 4290. The van der Waals surface area contributed by atoms with E-state index in [2.05, 4.69) is 325 Å². The van der Waals surface area contributed by atoms with Crippen molar-refractivity contribution in [1.82, 2.24) is 4.57 Å². The van der Waals surface area contributed by atoms with E-state index in [0.29, 0.717) is 0 Å². The Balaban J connectivity index is 0.849. The van der Waals surface area contributed by atoms with E-state index in [4.69, 9.17) is 0 Å². The number of hydrogen-bond donors (Lipinski definition) is 0. The van der Waals surface area contributed by atoms with Gasteiger partial charge >= 0.3 is 0 Å². The number of para-hydroxylation sites is 2. The predicted octanol–water partition coefficient (Wildman–Crippen LogP) is 16.9. The average Bonchev–Trinajstić information content (AvgIpc) is 3.95. The molecular weight excluding hydrogens is 945 g/mol. The smallest absolute Gasteiger partial charge is 0.179 e. The summed E-state index contributed by atoms with van der Waals surface area (Å²) in [7, 11) is -2.73. The van der Waals surface area contributed by atoms with E-state index in [0.717, 1.165) is 28.3 Å². The van der Waals surface area contributed by atoms with Crippen LogP contribution in [0.4, 0.5) is 17.1 Å². The van der Waals surface area contributed by atoms with Gasteiger partial charge in [-0.1, -0.05) is 249 Å². The highest BCUT2D eigenvalue weighted by Gasteiger charge is 2.41. The zero-order chi connectivity index (χ0) is 51.1. The fraction of sp³-hybridized carbons (Fsp3) is 0. The standard InChI is InChI=1S/C74H52N2Si/c1-5-19-60(20-6-1)76-72-30-16-15-28-70(72)74-69(29-17-31-73(74)76)57-34-32-53(33-35-57)54-40-44-61(45-41-54)75(62-46-42-55(43-47-62)59-39-38-58-37-36-56-18-13-14-27-68(56)71(58)52-59)63-48-50-67(51-49-63)77(64-21-7-2-8-22-64,65-23-9-3-10-24-65)66-25-11-4-12-26-66/h1-52H. The lowest BCUT2D eigenvalue weighted by atomic mass is 9.96. The molecule has 13 aromatic carbocycles. The molecule has 0 fully saturated rings. The Kier molecular flexibility index (Phi) is 11.6. The molecule has 0 aliphatic carbocycles. The molecule has 0 atom stereocenters. The number of nitrogens with zero attached hydrogens (tertiary/aromatic N) is 2. The fourth-order valence-corrected chi connectivity index (χ4v) is 16.9. The van der Waals surface area contributed by atoms with E-state index in [1.165, 1.54) is 91.9 Å². The molecule has 1 heterocycles. The minimum absolute atomic E-state index is 1.09. The minimum atomic E-state index is -2.73. The Hall–Kier alpha value is -9.80. The summed E-state index contributed by atoms with van der Waals surface area (Å²) < 4.78 is 2.39. The van der Waals surface area contributed by atoms with Gasteiger partial charge in [-0.3, -0.25) is 0 Å². The van der Waals surface area contributed by atoms with Crippen LogP contribution in [0.15, 0.2) is 315 Å². The van der Waals surface area contributed by atoms with Crippen molar-refractivity contribution in [2.24, 2.45) is 0 Å². The number of anilines is 3. The Morgan fingerprint density at radius 2 is 0.662 bits per heavy atom. The Morgan fingerprint density at radius 3 is 1.25 bits per heavy atom. The molecule has 0 saturated carbocycles. The maximum Gasteiger partial charge on any atom is 0.179 e. The molecule has 0 amide bonds. The van der Waals surface area contributed by atoms with Gasteiger partial charge in [0.25, 0.3) is 0 Å². The van der Waals surface area contributed by atoms with Crippen molar-refractivity contribution in [1.29, 1.82) is 0 Å². The second-order valence-corrected chi connectivity index (χ2v) is 23.8. The van der Waals surface area contributed by atoms with Crippen molar-refractivity contribution in [3.8, 4) is 39.1 Å². The van der Waals surface area contributed by atoms with Gasteiger partial charge in [0.15, 0.2) is 8.07 Å². The molecule has 362 valence electrons. The monoisotopic (exact) mass is 996 g/mol. The predicted molar refractivity (Wildman–Crippen MR) is 330 cm³/mol. The second-order valence-electron chi connectivity index (χ2n) is 20.0. The lowest BCUT2D eigenvalue weighted by Crippen LogP contribution is -2.74. The summed E-state index contributed by atoms with van der Waals surface area (Å²) in [5, 5.41) is 13.0. The van der Waals surface area contributed by atoms with Crippen LogP contribution in [0, 0.1) is 0 Å². The van der Waals surface area contributed by atoms with Crippen LogP contribution in [0.2, 0.25) is 0 Å². The zero-order valence-corrected chi connectivity index (χ0v) is 43.4. The molecule has 0 N–H and O–H groups in total. The van der Waals surface area contributed by atoms with Crippen molar-refractivity contribution in [2.75, 3.05) is 4.90 Å². The quantitative estimate of drug-likeness (QED) is 0.0712. The van der Waals surface area contributed by atoms with Gasteiger partial charge in [-0.05, 0) is 142 Å². The van der Waals surface area contributed by atoms with Gasteiger partial charge in [0, 0.05) is 33.5 Å². The third-order valence-electron chi connectivity index (χ3n) is 15.8. The van der Waals surface area contributed by atoms with Crippen molar-refractivity contribution in [3.05, 3.63) is 315 Å². The molecule has 2 nitrogen and oxygen atoms in total. The molecule has 1 aromatic heterocycles. The summed E-state index contributed by atoms with van der Waals surface area (Å²) >= 11 is 0. The topological polar surface area (TPSA) is 8.17 Å². The van der Waals surface area contributed by atoms with Crippen LogP contribution in [0.25, 0.3) is 82.4 Å². The number of benzene rings is 13. The first-order chi connectivity index (χ1) is 38.2. The highest BCUT2D eigenvalue weighted by molar-refractivity contribution is 7.19. The minimum Gasteiger partial charge on any atom is -0.311 e. The van der Waals surface area contributed by atoms with E-state index in [1.807, 2.05) is 0 Å². The number of aromatic nitrogens is 1.